The molecule has 0 aliphatic carbocycles. The predicted molar refractivity (Wildman–Crippen MR) is 78.9 cm³/mol. The lowest BCUT2D eigenvalue weighted by Crippen LogP contribution is -2.37. The smallest absolute Gasteiger partial charge is 0.270 e. The van der Waals surface area contributed by atoms with Crippen molar-refractivity contribution in [3.8, 4) is 0 Å². The van der Waals surface area contributed by atoms with Gasteiger partial charge < -0.3 is 19.9 Å². The minimum Gasteiger partial charge on any atom is -0.395 e. The van der Waals surface area contributed by atoms with Crippen LogP contribution in [-0.2, 0) is 0 Å². The summed E-state index contributed by atoms with van der Waals surface area (Å²) in [6.07, 6.45) is 5.03. The van der Waals surface area contributed by atoms with E-state index in [9.17, 15) is 4.79 Å². The first-order valence-electron chi connectivity index (χ1n) is 7.55. The van der Waals surface area contributed by atoms with Crippen LogP contribution in [0.1, 0.15) is 42.7 Å². The topological polar surface area (TPSA) is 57.5 Å². The molecule has 0 saturated carbocycles. The molecule has 0 unspecified atom stereocenters. The summed E-state index contributed by atoms with van der Waals surface area (Å²) >= 11 is 0. The molecule has 0 radical (unpaired) electrons. The molecule has 1 amide bonds. The van der Waals surface area contributed by atoms with Crippen LogP contribution in [0.25, 0.3) is 0 Å². The summed E-state index contributed by atoms with van der Waals surface area (Å²) in [5.41, 5.74) is 0.749. The lowest BCUT2D eigenvalue weighted by molar-refractivity contribution is 0.0707. The van der Waals surface area contributed by atoms with E-state index in [-0.39, 0.29) is 12.5 Å². The molecular formula is C15H25N3O2. The Hall–Kier alpha value is -1.33. The fraction of sp³-hybridized carbons (Fsp3) is 0.667. The van der Waals surface area contributed by atoms with Crippen molar-refractivity contribution in [3.05, 3.63) is 24.0 Å². The largest absolute Gasteiger partial charge is 0.395 e. The summed E-state index contributed by atoms with van der Waals surface area (Å²) in [5.74, 6) is 0.0319. The molecule has 112 valence electrons. The van der Waals surface area contributed by atoms with E-state index in [1.54, 1.807) is 4.90 Å². The fourth-order valence-electron chi connectivity index (χ4n) is 2.85. The lowest BCUT2D eigenvalue weighted by Gasteiger charge is -2.28. The van der Waals surface area contributed by atoms with Gasteiger partial charge in [0.25, 0.3) is 5.91 Å². The average molecular weight is 279 g/mol. The molecule has 1 saturated heterocycles. The Bertz CT molecular complexity index is 419. The lowest BCUT2D eigenvalue weighted by atomic mass is 10.1. The van der Waals surface area contributed by atoms with E-state index in [2.05, 4.69) is 9.88 Å². The number of carbonyl (C=O) groups is 1. The molecular weight excluding hydrogens is 254 g/mol. The molecule has 5 heteroatoms. The predicted octanol–water partition coefficient (Wildman–Crippen LogP) is 1.26. The first-order valence-corrected chi connectivity index (χ1v) is 7.55. The van der Waals surface area contributed by atoms with Crippen molar-refractivity contribution >= 4 is 5.91 Å². The fourth-order valence-corrected chi connectivity index (χ4v) is 2.85. The van der Waals surface area contributed by atoms with Crippen LogP contribution in [0.15, 0.2) is 18.3 Å². The maximum Gasteiger partial charge on any atom is 0.270 e. The normalized spacial score (nSPS) is 16.3. The zero-order valence-electron chi connectivity index (χ0n) is 12.2. The summed E-state index contributed by atoms with van der Waals surface area (Å²) in [6, 6.07) is 4.24. The summed E-state index contributed by atoms with van der Waals surface area (Å²) in [6.45, 7) is 5.17. The number of aromatic nitrogens is 1. The summed E-state index contributed by atoms with van der Waals surface area (Å²) in [5, 5.41) is 12.5. The summed E-state index contributed by atoms with van der Waals surface area (Å²) < 4.78 is 2.11. The third-order valence-corrected chi connectivity index (χ3v) is 3.85. The highest BCUT2D eigenvalue weighted by Gasteiger charge is 2.22. The van der Waals surface area contributed by atoms with E-state index in [1.807, 2.05) is 25.3 Å². The minimum absolute atomic E-state index is 0.0137. The number of hydrogen-bond donors (Lipinski definition) is 2. The molecule has 1 fully saturated rings. The number of carbonyl (C=O) groups excluding carboxylic acids is 1. The van der Waals surface area contributed by atoms with Gasteiger partial charge in [0.05, 0.1) is 6.61 Å². The van der Waals surface area contributed by atoms with E-state index in [0.29, 0.717) is 19.1 Å². The highest BCUT2D eigenvalue weighted by molar-refractivity contribution is 5.92. The maximum atomic E-state index is 12.6. The molecule has 0 bridgehead atoms. The molecule has 2 N–H and O–H groups in total. The second-order valence-corrected chi connectivity index (χ2v) is 5.30. The Morgan fingerprint density at radius 2 is 2.20 bits per heavy atom. The number of nitrogens with one attached hydrogen (secondary N) is 1. The Morgan fingerprint density at radius 1 is 1.45 bits per heavy atom. The molecule has 0 aromatic carbocycles. The number of hydrogen-bond acceptors (Lipinski definition) is 3. The minimum atomic E-state index is 0.0137. The van der Waals surface area contributed by atoms with E-state index in [1.165, 1.54) is 0 Å². The quantitative estimate of drug-likeness (QED) is 0.824. The van der Waals surface area contributed by atoms with Gasteiger partial charge in [-0.25, -0.2) is 0 Å². The number of amides is 1. The van der Waals surface area contributed by atoms with Gasteiger partial charge in [0.15, 0.2) is 0 Å². The van der Waals surface area contributed by atoms with Crippen LogP contribution in [0.4, 0.5) is 0 Å². The molecule has 2 rings (SSSR count). The molecule has 20 heavy (non-hydrogen) atoms. The van der Waals surface area contributed by atoms with E-state index >= 15 is 0 Å². The molecule has 1 aliphatic heterocycles. The van der Waals surface area contributed by atoms with Crippen molar-refractivity contribution in [1.82, 2.24) is 14.8 Å². The molecule has 0 atom stereocenters. The SMILES string of the molecule is CCCN(CCO)C(=O)c1cccn1C1CCNCC1. The van der Waals surface area contributed by atoms with Crippen LogP contribution < -0.4 is 5.32 Å². The van der Waals surface area contributed by atoms with Crippen molar-refractivity contribution in [2.75, 3.05) is 32.8 Å². The average Bonchev–Trinajstić information content (AvgIpc) is 2.96. The third kappa shape index (κ3) is 3.41. The Kier molecular flexibility index (Phi) is 5.61. The third-order valence-electron chi connectivity index (χ3n) is 3.85. The van der Waals surface area contributed by atoms with Crippen molar-refractivity contribution in [3.63, 3.8) is 0 Å². The Balaban J connectivity index is 2.14. The van der Waals surface area contributed by atoms with Gasteiger partial charge in [0.2, 0.25) is 0 Å². The molecule has 2 heterocycles. The molecule has 1 aliphatic rings. The second-order valence-electron chi connectivity index (χ2n) is 5.30. The maximum absolute atomic E-state index is 12.6. The van der Waals surface area contributed by atoms with Crippen LogP contribution in [0.2, 0.25) is 0 Å². The monoisotopic (exact) mass is 279 g/mol. The Morgan fingerprint density at radius 3 is 2.85 bits per heavy atom. The van der Waals surface area contributed by atoms with Crippen LogP contribution in [0, 0.1) is 0 Å². The number of nitrogens with zero attached hydrogens (tertiary/aromatic N) is 2. The van der Waals surface area contributed by atoms with Crippen LogP contribution in [0.5, 0.6) is 0 Å². The van der Waals surface area contributed by atoms with Gasteiger partial charge in [-0.3, -0.25) is 4.79 Å². The van der Waals surface area contributed by atoms with E-state index in [0.717, 1.165) is 38.0 Å². The second kappa shape index (κ2) is 7.45. The van der Waals surface area contributed by atoms with E-state index < -0.39 is 0 Å². The number of piperidine rings is 1. The first-order chi connectivity index (χ1) is 9.77. The van der Waals surface area contributed by atoms with Crippen molar-refractivity contribution < 1.29 is 9.90 Å². The summed E-state index contributed by atoms with van der Waals surface area (Å²) in [7, 11) is 0. The molecule has 0 spiro atoms. The van der Waals surface area contributed by atoms with Gasteiger partial charge in [-0.05, 0) is 44.5 Å². The van der Waals surface area contributed by atoms with Crippen molar-refractivity contribution in [2.24, 2.45) is 0 Å². The zero-order valence-corrected chi connectivity index (χ0v) is 12.2. The van der Waals surface area contributed by atoms with Crippen LogP contribution in [-0.4, -0.2) is 53.3 Å². The highest BCUT2D eigenvalue weighted by Crippen LogP contribution is 2.22. The van der Waals surface area contributed by atoms with Crippen molar-refractivity contribution in [2.45, 2.75) is 32.2 Å². The van der Waals surface area contributed by atoms with Gasteiger partial charge in [0.1, 0.15) is 5.69 Å². The Labute approximate surface area is 120 Å². The standard InChI is InChI=1S/C15H25N3O2/c1-2-9-17(11-12-19)15(20)14-4-3-10-18(14)13-5-7-16-8-6-13/h3-4,10,13,16,19H,2,5-9,11-12H2,1H3. The van der Waals surface area contributed by atoms with E-state index in [4.69, 9.17) is 5.11 Å². The van der Waals surface area contributed by atoms with Crippen molar-refractivity contribution in [1.29, 1.82) is 0 Å². The van der Waals surface area contributed by atoms with Gasteiger partial charge in [-0.2, -0.15) is 0 Å². The zero-order chi connectivity index (χ0) is 14.4. The number of aliphatic hydroxyl groups excluding tert-OH is 1. The van der Waals surface area contributed by atoms with Gasteiger partial charge in [0, 0.05) is 25.3 Å². The van der Waals surface area contributed by atoms with Gasteiger partial charge >= 0.3 is 0 Å². The number of aliphatic hydroxyl groups is 1. The van der Waals surface area contributed by atoms with Crippen LogP contribution in [0.3, 0.4) is 0 Å². The van der Waals surface area contributed by atoms with Crippen LogP contribution >= 0.6 is 0 Å². The number of rotatable bonds is 6. The highest BCUT2D eigenvalue weighted by atomic mass is 16.3. The molecule has 1 aromatic rings. The first kappa shape index (κ1) is 15.1. The molecule has 5 nitrogen and oxygen atoms in total. The van der Waals surface area contributed by atoms with Gasteiger partial charge in [-0.1, -0.05) is 6.92 Å². The summed E-state index contributed by atoms with van der Waals surface area (Å²) in [4.78, 5) is 14.4. The molecule has 1 aromatic heterocycles. The van der Waals surface area contributed by atoms with Gasteiger partial charge in [-0.15, -0.1) is 0 Å².